The minimum absolute atomic E-state index is 0.00189. The van der Waals surface area contributed by atoms with Crippen molar-refractivity contribution in [3.8, 4) is 17.2 Å². The second-order valence-corrected chi connectivity index (χ2v) is 32.5. The first-order valence-electron chi connectivity index (χ1n) is 36.8. The molecule has 9 aliphatic rings. The number of hydrogen-bond acceptors (Lipinski definition) is 23. The Labute approximate surface area is 674 Å². The van der Waals surface area contributed by atoms with E-state index in [1.807, 2.05) is 0 Å². The van der Waals surface area contributed by atoms with Crippen LogP contribution in [-0.4, -0.2) is 83.8 Å². The molecule has 6 aliphatic heterocycles. The minimum Gasteiger partial charge on any atom is -0.479 e. The number of nitrogens with zero attached hydrogens (tertiary/aromatic N) is 6. The first-order valence-corrected chi connectivity index (χ1v) is 39.8. The van der Waals surface area contributed by atoms with Crippen LogP contribution < -0.4 is 51.3 Å². The van der Waals surface area contributed by atoms with E-state index in [4.69, 9.17) is 32.5 Å². The van der Waals surface area contributed by atoms with Gasteiger partial charge in [-0.15, -0.1) is 35.3 Å². The molecule has 19 rings (SSSR count). The zero-order chi connectivity index (χ0) is 82.9. The third-order valence-corrected chi connectivity index (χ3v) is 26.1. The van der Waals surface area contributed by atoms with Gasteiger partial charge in [0.1, 0.15) is 24.1 Å². The van der Waals surface area contributed by atoms with Gasteiger partial charge in [0, 0.05) is 112 Å². The molecule has 10 aromatic rings. The molecule has 0 N–H and O–H groups in total. The summed E-state index contributed by atoms with van der Waals surface area (Å²) in [4.78, 5) is 115. The molecular formula is C83H63F9N6O17S3. The zero-order valence-electron chi connectivity index (χ0n) is 62.2. The molecule has 3 saturated carbocycles. The lowest BCUT2D eigenvalue weighted by molar-refractivity contribution is -0.147. The first-order chi connectivity index (χ1) is 56.6. The maximum Gasteiger partial charge on any atom is 0.519 e. The van der Waals surface area contributed by atoms with Gasteiger partial charge in [-0.05, 0) is 115 Å². The number of Topliss-reactive ketones (excluding diaryl/α,β-unsaturated/α-hetero) is 3. The quantitative estimate of drug-likeness (QED) is 0.0625. The van der Waals surface area contributed by atoms with E-state index in [0.717, 1.165) is 60.6 Å². The smallest absolute Gasteiger partial charge is 0.479 e. The third kappa shape index (κ3) is 13.5. The number of carbonyl (C=O) groups excluding carboxylic acids is 5. The predicted molar refractivity (Wildman–Crippen MR) is 404 cm³/mol. The number of rotatable bonds is 12. The number of pyridine rings is 3. The fraction of sp³-hybridized carbons (Fsp3) is 0.289. The average molecular weight is 1680 g/mol. The van der Waals surface area contributed by atoms with Gasteiger partial charge in [0.15, 0.2) is 98.1 Å². The highest BCUT2D eigenvalue weighted by atomic mass is 32.2. The number of esters is 1. The molecule has 118 heavy (non-hydrogen) atoms. The van der Waals surface area contributed by atoms with Crippen molar-refractivity contribution in [2.75, 3.05) is 55.4 Å². The molecule has 10 heterocycles. The fourth-order valence-electron chi connectivity index (χ4n) is 16.2. The van der Waals surface area contributed by atoms with Crippen molar-refractivity contribution in [1.29, 1.82) is 0 Å². The van der Waals surface area contributed by atoms with Gasteiger partial charge in [-0.25, -0.2) is 49.1 Å². The molecule has 6 aromatic carbocycles. The Morgan fingerprint density at radius 3 is 1.08 bits per heavy atom. The van der Waals surface area contributed by atoms with Crippen LogP contribution in [0.1, 0.15) is 157 Å². The summed E-state index contributed by atoms with van der Waals surface area (Å²) in [5.74, 6) is -10.6. The van der Waals surface area contributed by atoms with E-state index in [1.54, 1.807) is 51.4 Å². The monoisotopic (exact) mass is 1680 g/mol. The van der Waals surface area contributed by atoms with Gasteiger partial charge < -0.3 is 37.3 Å². The van der Waals surface area contributed by atoms with Gasteiger partial charge in [0.05, 0.1) is 41.5 Å². The van der Waals surface area contributed by atoms with E-state index in [1.165, 1.54) is 101 Å². The molecule has 35 heteroatoms. The molecule has 4 aromatic heterocycles. The second kappa shape index (κ2) is 30.3. The van der Waals surface area contributed by atoms with Crippen molar-refractivity contribution >= 4 is 64.8 Å². The van der Waals surface area contributed by atoms with Crippen molar-refractivity contribution < 1.29 is 101 Å². The van der Waals surface area contributed by atoms with Crippen LogP contribution in [0, 0.1) is 75.5 Å². The molecule has 23 nitrogen and oxygen atoms in total. The lowest BCUT2D eigenvalue weighted by atomic mass is 9.89. The number of methoxy groups -OCH3 is 1. The lowest BCUT2D eigenvalue weighted by Gasteiger charge is -2.43. The number of ketones is 3. The van der Waals surface area contributed by atoms with Crippen LogP contribution in [0.25, 0.3) is 0 Å². The second-order valence-electron chi connectivity index (χ2n) is 29.5. The fourth-order valence-corrected chi connectivity index (χ4v) is 19.6. The Bertz CT molecular complexity index is 6200. The molecule has 3 atom stereocenters. The summed E-state index contributed by atoms with van der Waals surface area (Å²) >= 11 is 3.22. The summed E-state index contributed by atoms with van der Waals surface area (Å²) in [5.41, 5.74) is -1.28. The molecular weight excluding hydrogens is 1620 g/mol. The summed E-state index contributed by atoms with van der Waals surface area (Å²) < 4.78 is 179. The maximum absolute atomic E-state index is 15.2. The van der Waals surface area contributed by atoms with Crippen molar-refractivity contribution in [1.82, 2.24) is 14.0 Å². The van der Waals surface area contributed by atoms with Crippen molar-refractivity contribution in [2.24, 2.45) is 16.2 Å². The normalized spacial score (nSPS) is 18.6. The lowest BCUT2D eigenvalue weighted by Crippen LogP contribution is -2.52. The zero-order valence-corrected chi connectivity index (χ0v) is 64.7. The number of aryl methyl sites for hydroxylation is 1. The van der Waals surface area contributed by atoms with Gasteiger partial charge in [0.25, 0.3) is 0 Å². The molecule has 3 aliphatic carbocycles. The predicted octanol–water partition coefficient (Wildman–Crippen LogP) is 14.2. The van der Waals surface area contributed by atoms with Gasteiger partial charge in [0.2, 0.25) is 29.9 Å². The molecule has 3 spiro atoms. The highest BCUT2D eigenvalue weighted by Crippen LogP contribution is 2.58. The Balaban J connectivity index is 0.000000127. The molecule has 3 fully saturated rings. The molecule has 0 bridgehead atoms. The Hall–Kier alpha value is -11.9. The first kappa shape index (κ1) is 78.7. The van der Waals surface area contributed by atoms with Crippen molar-refractivity contribution in [3.63, 3.8) is 0 Å². The summed E-state index contributed by atoms with van der Waals surface area (Å²) in [7, 11) is 1.11. The largest absolute Gasteiger partial charge is 0.519 e. The molecule has 2 unspecified atom stereocenters. The minimum atomic E-state index is -1.04. The van der Waals surface area contributed by atoms with Crippen LogP contribution in [0.2, 0.25) is 0 Å². The van der Waals surface area contributed by atoms with E-state index in [2.05, 4.69) is 4.74 Å². The molecule has 0 saturated heterocycles. The Morgan fingerprint density at radius 2 is 0.771 bits per heavy atom. The van der Waals surface area contributed by atoms with Crippen LogP contribution >= 0.6 is 35.3 Å². The van der Waals surface area contributed by atoms with E-state index in [0.29, 0.717) is 81.7 Å². The number of thioether (sulfide) groups is 3. The number of fused-ring (bicyclic) bond motifs is 9. The molecule has 608 valence electrons. The van der Waals surface area contributed by atoms with Crippen LogP contribution in [0.5, 0.6) is 17.2 Å². The summed E-state index contributed by atoms with van der Waals surface area (Å²) in [6.45, 7) is 1.68. The van der Waals surface area contributed by atoms with Crippen LogP contribution in [0.3, 0.4) is 0 Å². The van der Waals surface area contributed by atoms with Gasteiger partial charge in [-0.1, -0.05) is 54.6 Å². The summed E-state index contributed by atoms with van der Waals surface area (Å²) in [5, 5.41) is 5.33. The number of aromatic nitrogens is 3. The molecule has 0 amide bonds. The third-order valence-electron chi connectivity index (χ3n) is 22.6. The van der Waals surface area contributed by atoms with Gasteiger partial charge in [-0.2, -0.15) is 0 Å². The number of hydrogen-bond donors (Lipinski definition) is 0. The summed E-state index contributed by atoms with van der Waals surface area (Å²) in [6.07, 6.45) is 6.47. The van der Waals surface area contributed by atoms with E-state index >= 15 is 26.3 Å². The topological polar surface area (TPSA) is 260 Å². The highest BCUT2D eigenvalue weighted by Gasteiger charge is 2.60. The van der Waals surface area contributed by atoms with Gasteiger partial charge >= 0.3 is 17.9 Å². The maximum atomic E-state index is 15.2. The highest BCUT2D eigenvalue weighted by molar-refractivity contribution is 7.99. The van der Waals surface area contributed by atoms with Crippen LogP contribution in [-0.2, 0) is 42.9 Å². The Kier molecular flexibility index (Phi) is 20.2. The van der Waals surface area contributed by atoms with Gasteiger partial charge in [-0.3, -0.25) is 62.6 Å². The standard InChI is InChI=1S/C29H21F3N2O6S.C27H21F3N2O6S.C27H21F3N2O5S/c1-14-21(40-28(37)39-14)11-38-25-20(35)7-10-33-24(25)27(36)29(8-9-29)13-34(33)23-15-5-6-18(30)22(32)17(15)12-41-26-16(23)3-2-4-19(26)31;1-36-26(35)38-13-37-23-19(33)7-10-31-22(23)25(34)27(8-9-27)12-32(31)21-14-5-6-17(28)20(30)16(14)11-39-24-15(21)3-2-4-18(24)29;1-14(33)36-13-37-24-20(34)7-10-31-23(24)26(35)27(8-9-27)12-32(31)22-15-5-6-18(28)21(30)17(15)11-38-25-16(22)3-2-4-19(25)29/h2-7,10,23H,8-9,11-13H2,1H3;2-7,10,21H,8-9,11-13H2,1H3;2-7,10,22H,8-9,11-13H2,1H3/t;21-;/m.0./s1. The summed E-state index contributed by atoms with van der Waals surface area (Å²) in [6, 6.07) is 22.4. The average Bonchev–Trinajstić information content (AvgIpc) is 1.46. The number of halogens is 9. The number of benzene rings is 6. The Morgan fingerprint density at radius 1 is 0.432 bits per heavy atom. The van der Waals surface area contributed by atoms with Crippen molar-refractivity contribution in [2.45, 2.75) is 109 Å². The number of carbonyl (C=O) groups is 5. The van der Waals surface area contributed by atoms with Crippen LogP contribution in [0.4, 0.5) is 44.3 Å². The molecule has 0 radical (unpaired) electrons. The number of ether oxygens (including phenoxy) is 6. The van der Waals surface area contributed by atoms with E-state index < -0.39 is 135 Å². The van der Waals surface area contributed by atoms with E-state index in [9.17, 15) is 56.3 Å². The van der Waals surface area contributed by atoms with Crippen LogP contribution in [0.15, 0.2) is 170 Å². The van der Waals surface area contributed by atoms with E-state index in [-0.39, 0.29) is 128 Å². The SMILES string of the molecule is CC(=O)OCOc1c2n(ccc1=O)N(C1c3ccc(F)c(F)c3CSc3c(F)cccc31)CC1(CC1)C2=O.COC(=O)OCOc1c2n(ccc1=O)N([C@H]1c3ccc(F)c(F)c3CSc3c(F)cccc31)CC1(CC1)C2=O.Cc1oc(=O)oc1COc1c2n(ccc1=O)N(C1c3ccc(F)c(F)c3CSc3c(F)cccc31)CC1(CC1)C2=O. The van der Waals surface area contributed by atoms with Crippen molar-refractivity contribution in [3.05, 3.63) is 300 Å².